The molecule has 3 rings (SSSR count). The molecule has 2 aliphatic rings. The second-order valence-electron chi connectivity index (χ2n) is 5.69. The second kappa shape index (κ2) is 5.56. The van der Waals surface area contributed by atoms with Crippen LogP contribution in [0.1, 0.15) is 59.3 Å². The maximum Gasteiger partial charge on any atom is 0.339 e. The molecule has 0 saturated heterocycles. The number of aryl methyl sites for hydroxylation is 1. The van der Waals surface area contributed by atoms with Crippen LogP contribution < -0.4 is 5.32 Å². The average molecular weight is 293 g/mol. The molecule has 0 bridgehead atoms. The Kier molecular flexibility index (Phi) is 3.78. The first-order valence-corrected chi connectivity index (χ1v) is 8.17. The molecule has 1 aromatic heterocycles. The molecule has 0 unspecified atom stereocenters. The summed E-state index contributed by atoms with van der Waals surface area (Å²) in [7, 11) is 0. The summed E-state index contributed by atoms with van der Waals surface area (Å²) in [6.45, 7) is 0. The Balaban J connectivity index is 1.80. The van der Waals surface area contributed by atoms with Crippen LogP contribution in [-0.4, -0.2) is 17.0 Å². The van der Waals surface area contributed by atoms with E-state index in [2.05, 4.69) is 5.32 Å². The van der Waals surface area contributed by atoms with E-state index in [4.69, 9.17) is 0 Å². The lowest BCUT2D eigenvalue weighted by atomic mass is 9.89. The zero-order valence-electron chi connectivity index (χ0n) is 11.4. The Morgan fingerprint density at radius 1 is 1.10 bits per heavy atom. The molecule has 108 valence electrons. The van der Waals surface area contributed by atoms with E-state index in [1.54, 1.807) is 0 Å². The normalized spacial score (nSPS) is 18.8. The number of anilines is 1. The fourth-order valence-corrected chi connectivity index (χ4v) is 4.58. The van der Waals surface area contributed by atoms with E-state index in [1.165, 1.54) is 17.8 Å². The van der Waals surface area contributed by atoms with Crippen molar-refractivity contribution in [3.63, 3.8) is 0 Å². The van der Waals surface area contributed by atoms with Gasteiger partial charge in [-0.1, -0.05) is 19.3 Å². The molecule has 1 heterocycles. The highest BCUT2D eigenvalue weighted by atomic mass is 32.1. The van der Waals surface area contributed by atoms with E-state index in [0.29, 0.717) is 10.6 Å². The minimum Gasteiger partial charge on any atom is -0.478 e. The van der Waals surface area contributed by atoms with Gasteiger partial charge in [-0.3, -0.25) is 4.79 Å². The van der Waals surface area contributed by atoms with Gasteiger partial charge in [0.15, 0.2) is 0 Å². The van der Waals surface area contributed by atoms with Gasteiger partial charge in [-0.2, -0.15) is 0 Å². The fourth-order valence-electron chi connectivity index (χ4n) is 3.30. The van der Waals surface area contributed by atoms with Crippen LogP contribution in [0.5, 0.6) is 0 Å². The summed E-state index contributed by atoms with van der Waals surface area (Å²) < 4.78 is 0. The lowest BCUT2D eigenvalue weighted by molar-refractivity contribution is -0.120. The van der Waals surface area contributed by atoms with Crippen LogP contribution in [-0.2, 0) is 17.6 Å². The van der Waals surface area contributed by atoms with E-state index >= 15 is 0 Å². The summed E-state index contributed by atoms with van der Waals surface area (Å²) in [6.07, 6.45) is 8.07. The van der Waals surface area contributed by atoms with Crippen molar-refractivity contribution in [3.05, 3.63) is 16.0 Å². The Morgan fingerprint density at radius 3 is 2.55 bits per heavy atom. The van der Waals surface area contributed by atoms with E-state index in [9.17, 15) is 14.7 Å². The predicted molar refractivity (Wildman–Crippen MR) is 78.5 cm³/mol. The smallest absolute Gasteiger partial charge is 0.339 e. The van der Waals surface area contributed by atoms with Gasteiger partial charge in [-0.05, 0) is 37.7 Å². The summed E-state index contributed by atoms with van der Waals surface area (Å²) >= 11 is 1.46. The molecule has 0 aliphatic heterocycles. The summed E-state index contributed by atoms with van der Waals surface area (Å²) in [5, 5.41) is 12.8. The van der Waals surface area contributed by atoms with Gasteiger partial charge in [0, 0.05) is 10.8 Å². The number of hydrogen-bond donors (Lipinski definition) is 2. The van der Waals surface area contributed by atoms with E-state index in [-0.39, 0.29) is 11.8 Å². The molecule has 0 atom stereocenters. The molecule has 1 amide bonds. The molecule has 0 radical (unpaired) electrons. The van der Waals surface area contributed by atoms with Crippen LogP contribution in [0.4, 0.5) is 5.00 Å². The number of nitrogens with one attached hydrogen (secondary N) is 1. The van der Waals surface area contributed by atoms with Gasteiger partial charge >= 0.3 is 5.97 Å². The third kappa shape index (κ3) is 2.46. The van der Waals surface area contributed by atoms with Gasteiger partial charge in [0.2, 0.25) is 5.91 Å². The van der Waals surface area contributed by atoms with Crippen LogP contribution >= 0.6 is 11.3 Å². The summed E-state index contributed by atoms with van der Waals surface area (Å²) in [5.41, 5.74) is 1.29. The van der Waals surface area contributed by atoms with Crippen LogP contribution in [0, 0.1) is 5.92 Å². The topological polar surface area (TPSA) is 66.4 Å². The minimum absolute atomic E-state index is 0.00660. The van der Waals surface area contributed by atoms with Crippen LogP contribution in [0.25, 0.3) is 0 Å². The zero-order valence-corrected chi connectivity index (χ0v) is 12.2. The van der Waals surface area contributed by atoms with Crippen LogP contribution in [0.3, 0.4) is 0 Å². The molecular weight excluding hydrogens is 274 g/mol. The molecule has 0 aromatic carbocycles. The average Bonchev–Trinajstić information content (AvgIpc) is 2.99. The molecule has 2 N–H and O–H groups in total. The highest BCUT2D eigenvalue weighted by Gasteiger charge is 2.29. The Hall–Kier alpha value is -1.36. The summed E-state index contributed by atoms with van der Waals surface area (Å²) in [5.74, 6) is -0.849. The Bertz CT molecular complexity index is 544. The first-order valence-electron chi connectivity index (χ1n) is 7.35. The Morgan fingerprint density at radius 2 is 1.85 bits per heavy atom. The molecular formula is C15H19NO3S. The van der Waals surface area contributed by atoms with Gasteiger partial charge in [-0.15, -0.1) is 11.3 Å². The van der Waals surface area contributed by atoms with Crippen molar-refractivity contribution in [2.45, 2.75) is 51.4 Å². The Labute approximate surface area is 122 Å². The number of thiophene rings is 1. The number of carboxylic acids is 1. The van der Waals surface area contributed by atoms with E-state index in [1.807, 2.05) is 0 Å². The monoisotopic (exact) mass is 293 g/mol. The van der Waals surface area contributed by atoms with Gasteiger partial charge < -0.3 is 10.4 Å². The first-order chi connectivity index (χ1) is 9.66. The van der Waals surface area contributed by atoms with E-state index < -0.39 is 5.97 Å². The predicted octanol–water partition coefficient (Wildman–Crippen LogP) is 3.45. The molecule has 2 aliphatic carbocycles. The van der Waals surface area contributed by atoms with Crippen molar-refractivity contribution >= 4 is 28.2 Å². The molecule has 1 aromatic rings. The standard InChI is InChI=1S/C15H19NO3S/c17-13(9-5-2-1-3-6-9)16-14-12(15(18)19)10-7-4-8-11(10)20-14/h9H,1-8H2,(H,16,17)(H,18,19). The van der Waals surface area contributed by atoms with Crippen molar-refractivity contribution in [2.75, 3.05) is 5.32 Å². The number of rotatable bonds is 3. The number of carboxylic acid groups (broad SMARTS) is 1. The largest absolute Gasteiger partial charge is 0.478 e. The highest BCUT2D eigenvalue weighted by molar-refractivity contribution is 7.17. The molecule has 5 heteroatoms. The number of carbonyl (C=O) groups excluding carboxylic acids is 1. The second-order valence-corrected chi connectivity index (χ2v) is 6.80. The molecule has 4 nitrogen and oxygen atoms in total. The minimum atomic E-state index is -0.914. The highest BCUT2D eigenvalue weighted by Crippen LogP contribution is 2.39. The lowest BCUT2D eigenvalue weighted by Crippen LogP contribution is -2.25. The van der Waals surface area contributed by atoms with Crippen molar-refractivity contribution in [2.24, 2.45) is 5.92 Å². The van der Waals surface area contributed by atoms with Crippen molar-refractivity contribution in [3.8, 4) is 0 Å². The maximum atomic E-state index is 12.3. The molecule has 20 heavy (non-hydrogen) atoms. The third-order valence-electron chi connectivity index (χ3n) is 4.35. The number of aromatic carboxylic acids is 1. The molecule has 0 spiro atoms. The maximum absolute atomic E-state index is 12.3. The zero-order chi connectivity index (χ0) is 14.1. The van der Waals surface area contributed by atoms with Gasteiger partial charge in [0.05, 0.1) is 5.56 Å². The van der Waals surface area contributed by atoms with Crippen molar-refractivity contribution in [1.29, 1.82) is 0 Å². The van der Waals surface area contributed by atoms with Crippen LogP contribution in [0.15, 0.2) is 0 Å². The lowest BCUT2D eigenvalue weighted by Gasteiger charge is -2.20. The van der Waals surface area contributed by atoms with Gasteiger partial charge in [0.1, 0.15) is 5.00 Å². The first kappa shape index (κ1) is 13.6. The van der Waals surface area contributed by atoms with Gasteiger partial charge in [0.25, 0.3) is 0 Å². The van der Waals surface area contributed by atoms with Crippen molar-refractivity contribution < 1.29 is 14.7 Å². The van der Waals surface area contributed by atoms with Gasteiger partial charge in [-0.25, -0.2) is 4.79 Å². The van der Waals surface area contributed by atoms with E-state index in [0.717, 1.165) is 55.4 Å². The molecule has 1 fully saturated rings. The number of amides is 1. The number of carbonyl (C=O) groups is 2. The molecule has 1 saturated carbocycles. The van der Waals surface area contributed by atoms with Crippen LogP contribution in [0.2, 0.25) is 0 Å². The van der Waals surface area contributed by atoms with Crippen molar-refractivity contribution in [1.82, 2.24) is 0 Å². The summed E-state index contributed by atoms with van der Waals surface area (Å²) in [6, 6.07) is 0. The quantitative estimate of drug-likeness (QED) is 0.897. The number of hydrogen-bond acceptors (Lipinski definition) is 3. The number of fused-ring (bicyclic) bond motifs is 1. The fraction of sp³-hybridized carbons (Fsp3) is 0.600. The SMILES string of the molecule is O=C(O)c1c(NC(=O)C2CCCCC2)sc2c1CCC2. The third-order valence-corrected chi connectivity index (χ3v) is 5.56. The summed E-state index contributed by atoms with van der Waals surface area (Å²) in [4.78, 5) is 24.9.